The largest absolute Gasteiger partial charge is 0.265 e. The fourth-order valence-electron chi connectivity index (χ4n) is 2.04. The Hall–Kier alpha value is -1.48. The zero-order valence-corrected chi connectivity index (χ0v) is 10.8. The second kappa shape index (κ2) is 5.02. The maximum absolute atomic E-state index is 5.93. The summed E-state index contributed by atoms with van der Waals surface area (Å²) >= 11 is 5.93. The van der Waals surface area contributed by atoms with Crippen LogP contribution < -0.4 is 0 Å². The predicted molar refractivity (Wildman–Crippen MR) is 70.6 cm³/mol. The van der Waals surface area contributed by atoms with Gasteiger partial charge in [-0.15, -0.1) is 11.6 Å². The Kier molecular flexibility index (Phi) is 3.24. The molecule has 0 amide bonds. The first-order valence-corrected chi connectivity index (χ1v) is 6.70. The van der Waals surface area contributed by atoms with Gasteiger partial charge >= 0.3 is 0 Å². The molecule has 0 saturated heterocycles. The van der Waals surface area contributed by atoms with E-state index in [1.807, 2.05) is 18.3 Å². The van der Waals surface area contributed by atoms with E-state index in [0.717, 1.165) is 23.5 Å². The van der Waals surface area contributed by atoms with E-state index in [2.05, 4.69) is 15.0 Å². The summed E-state index contributed by atoms with van der Waals surface area (Å²) in [4.78, 5) is 13.1. The van der Waals surface area contributed by atoms with Crippen LogP contribution in [0.4, 0.5) is 0 Å². The van der Waals surface area contributed by atoms with Crippen LogP contribution in [0.1, 0.15) is 41.4 Å². The maximum Gasteiger partial charge on any atom is 0.132 e. The normalized spacial score (nSPS) is 14.7. The number of alkyl halides is 1. The Morgan fingerprint density at radius 3 is 2.67 bits per heavy atom. The van der Waals surface area contributed by atoms with Gasteiger partial charge in [0.1, 0.15) is 5.82 Å². The van der Waals surface area contributed by atoms with Gasteiger partial charge in [-0.3, -0.25) is 4.98 Å². The standard InChI is InChI=1S/C14H14ClN3/c15-8-12-9-17-13(18-14(12)11-1-2-11)7-10-3-5-16-6-4-10/h3-6,9,11H,1-2,7-8H2. The number of halogens is 1. The minimum Gasteiger partial charge on any atom is -0.265 e. The van der Waals surface area contributed by atoms with E-state index >= 15 is 0 Å². The van der Waals surface area contributed by atoms with Gasteiger partial charge in [0.2, 0.25) is 0 Å². The van der Waals surface area contributed by atoms with Crippen molar-refractivity contribution < 1.29 is 0 Å². The van der Waals surface area contributed by atoms with Crippen molar-refractivity contribution in [2.45, 2.75) is 31.1 Å². The van der Waals surface area contributed by atoms with Crippen molar-refractivity contribution in [3.8, 4) is 0 Å². The molecule has 0 atom stereocenters. The Labute approximate surface area is 111 Å². The fraction of sp³-hybridized carbons (Fsp3) is 0.357. The lowest BCUT2D eigenvalue weighted by molar-refractivity contribution is 0.877. The van der Waals surface area contributed by atoms with Crippen LogP contribution in [0.2, 0.25) is 0 Å². The van der Waals surface area contributed by atoms with Gasteiger partial charge in [-0.2, -0.15) is 0 Å². The van der Waals surface area contributed by atoms with Crippen molar-refractivity contribution in [1.29, 1.82) is 0 Å². The van der Waals surface area contributed by atoms with Gasteiger partial charge < -0.3 is 0 Å². The monoisotopic (exact) mass is 259 g/mol. The molecule has 18 heavy (non-hydrogen) atoms. The average molecular weight is 260 g/mol. The lowest BCUT2D eigenvalue weighted by atomic mass is 10.1. The second-order valence-electron chi connectivity index (χ2n) is 4.64. The Morgan fingerprint density at radius 1 is 1.22 bits per heavy atom. The lowest BCUT2D eigenvalue weighted by Gasteiger charge is -2.07. The van der Waals surface area contributed by atoms with Gasteiger partial charge in [-0.25, -0.2) is 9.97 Å². The molecular weight excluding hydrogens is 246 g/mol. The number of pyridine rings is 1. The number of nitrogens with zero attached hydrogens (tertiary/aromatic N) is 3. The highest BCUT2D eigenvalue weighted by molar-refractivity contribution is 6.17. The molecule has 0 unspecified atom stereocenters. The summed E-state index contributed by atoms with van der Waals surface area (Å²) in [5.41, 5.74) is 3.42. The fourth-order valence-corrected chi connectivity index (χ4v) is 2.25. The van der Waals surface area contributed by atoms with Crippen LogP contribution in [0, 0.1) is 0 Å². The van der Waals surface area contributed by atoms with Gasteiger partial charge in [0.05, 0.1) is 11.6 Å². The van der Waals surface area contributed by atoms with Crippen LogP contribution in [0.15, 0.2) is 30.7 Å². The Balaban J connectivity index is 1.86. The zero-order chi connectivity index (χ0) is 12.4. The lowest BCUT2D eigenvalue weighted by Crippen LogP contribution is -2.03. The van der Waals surface area contributed by atoms with E-state index < -0.39 is 0 Å². The molecule has 0 spiro atoms. The predicted octanol–water partition coefficient (Wildman–Crippen LogP) is 3.08. The molecule has 0 aliphatic heterocycles. The minimum atomic E-state index is 0.501. The highest BCUT2D eigenvalue weighted by atomic mass is 35.5. The third-order valence-corrected chi connectivity index (χ3v) is 3.46. The summed E-state index contributed by atoms with van der Waals surface area (Å²) in [7, 11) is 0. The van der Waals surface area contributed by atoms with Gasteiger partial charge in [0.25, 0.3) is 0 Å². The van der Waals surface area contributed by atoms with Crippen molar-refractivity contribution in [1.82, 2.24) is 15.0 Å². The molecule has 1 fully saturated rings. The van der Waals surface area contributed by atoms with E-state index in [1.165, 1.54) is 18.4 Å². The minimum absolute atomic E-state index is 0.501. The maximum atomic E-state index is 5.93. The molecule has 92 valence electrons. The molecule has 3 nitrogen and oxygen atoms in total. The first-order valence-electron chi connectivity index (χ1n) is 6.16. The van der Waals surface area contributed by atoms with Gasteiger partial charge in [0.15, 0.2) is 0 Å². The van der Waals surface area contributed by atoms with Crippen LogP contribution in [-0.2, 0) is 12.3 Å². The molecule has 1 aliphatic carbocycles. The number of aromatic nitrogens is 3. The molecule has 4 heteroatoms. The van der Waals surface area contributed by atoms with Crippen LogP contribution in [0.5, 0.6) is 0 Å². The summed E-state index contributed by atoms with van der Waals surface area (Å²) in [6.07, 6.45) is 8.69. The van der Waals surface area contributed by atoms with E-state index in [-0.39, 0.29) is 0 Å². The molecule has 0 bridgehead atoms. The molecule has 1 aliphatic rings. The van der Waals surface area contributed by atoms with E-state index in [4.69, 9.17) is 11.6 Å². The average Bonchev–Trinajstić information content (AvgIpc) is 3.24. The molecule has 2 heterocycles. The Bertz CT molecular complexity index is 538. The topological polar surface area (TPSA) is 38.7 Å². The van der Waals surface area contributed by atoms with Crippen LogP contribution in [0.3, 0.4) is 0 Å². The molecule has 1 saturated carbocycles. The third kappa shape index (κ3) is 2.51. The summed E-state index contributed by atoms with van der Waals surface area (Å²) < 4.78 is 0. The second-order valence-corrected chi connectivity index (χ2v) is 4.90. The van der Waals surface area contributed by atoms with E-state index in [9.17, 15) is 0 Å². The van der Waals surface area contributed by atoms with Crippen LogP contribution in [-0.4, -0.2) is 15.0 Å². The van der Waals surface area contributed by atoms with Crippen molar-refractivity contribution in [2.75, 3.05) is 0 Å². The first-order chi connectivity index (χ1) is 8.86. The molecule has 0 N–H and O–H groups in total. The van der Waals surface area contributed by atoms with Gasteiger partial charge in [-0.1, -0.05) is 0 Å². The van der Waals surface area contributed by atoms with Gasteiger partial charge in [0, 0.05) is 36.5 Å². The van der Waals surface area contributed by atoms with Crippen LogP contribution in [0.25, 0.3) is 0 Å². The summed E-state index contributed by atoms with van der Waals surface area (Å²) in [6.45, 7) is 0. The van der Waals surface area contributed by atoms with Crippen molar-refractivity contribution in [3.63, 3.8) is 0 Å². The molecule has 3 rings (SSSR count). The Morgan fingerprint density at radius 2 is 2.00 bits per heavy atom. The number of hydrogen-bond donors (Lipinski definition) is 0. The highest BCUT2D eigenvalue weighted by Crippen LogP contribution is 2.40. The number of rotatable bonds is 4. The van der Waals surface area contributed by atoms with Gasteiger partial charge in [-0.05, 0) is 30.5 Å². The SMILES string of the molecule is ClCc1cnc(Cc2ccncc2)nc1C1CC1. The smallest absolute Gasteiger partial charge is 0.132 e. The molecule has 0 aromatic carbocycles. The quantitative estimate of drug-likeness (QED) is 0.792. The highest BCUT2D eigenvalue weighted by Gasteiger charge is 2.27. The van der Waals surface area contributed by atoms with Crippen molar-refractivity contribution >= 4 is 11.6 Å². The third-order valence-electron chi connectivity index (χ3n) is 3.17. The number of hydrogen-bond acceptors (Lipinski definition) is 3. The van der Waals surface area contributed by atoms with Crippen molar-refractivity contribution in [2.24, 2.45) is 0 Å². The summed E-state index contributed by atoms with van der Waals surface area (Å²) in [5, 5.41) is 0. The molecular formula is C14H14ClN3. The van der Waals surface area contributed by atoms with Crippen molar-refractivity contribution in [3.05, 3.63) is 53.4 Å². The first kappa shape index (κ1) is 11.6. The van der Waals surface area contributed by atoms with Crippen LogP contribution >= 0.6 is 11.6 Å². The zero-order valence-electron chi connectivity index (χ0n) is 10.0. The van der Waals surface area contributed by atoms with E-state index in [1.54, 1.807) is 12.4 Å². The summed E-state index contributed by atoms with van der Waals surface area (Å²) in [6, 6.07) is 3.99. The molecule has 2 aromatic rings. The summed E-state index contributed by atoms with van der Waals surface area (Å²) in [5.74, 6) is 1.98. The molecule has 2 aromatic heterocycles. The van der Waals surface area contributed by atoms with E-state index in [0.29, 0.717) is 11.8 Å². The molecule has 0 radical (unpaired) electrons.